The van der Waals surface area contributed by atoms with Gasteiger partial charge in [-0.1, -0.05) is 30.3 Å². The molecule has 1 atom stereocenters. The number of benzene rings is 2. The number of fused-ring (bicyclic) bond motifs is 1. The first-order chi connectivity index (χ1) is 13.5. The Hall–Kier alpha value is -2.79. The van der Waals surface area contributed by atoms with Gasteiger partial charge in [-0.25, -0.2) is 9.97 Å². The van der Waals surface area contributed by atoms with Gasteiger partial charge in [-0.2, -0.15) is 0 Å². The van der Waals surface area contributed by atoms with E-state index in [1.54, 1.807) is 0 Å². The van der Waals surface area contributed by atoms with Crippen molar-refractivity contribution < 1.29 is 9.90 Å². The van der Waals surface area contributed by atoms with Crippen molar-refractivity contribution in [2.75, 3.05) is 13.1 Å². The zero-order chi connectivity index (χ0) is 19.7. The number of likely N-dealkylation sites (tertiary alicyclic amines) is 1. The lowest BCUT2D eigenvalue weighted by molar-refractivity contribution is 0.0462. The average molecular weight is 375 g/mol. The Morgan fingerprint density at radius 2 is 1.64 bits per heavy atom. The number of aryl methyl sites for hydroxylation is 2. The minimum atomic E-state index is -0.472. The summed E-state index contributed by atoms with van der Waals surface area (Å²) in [5.74, 6) is 0.203. The molecular weight excluding hydrogens is 350 g/mol. The van der Waals surface area contributed by atoms with Crippen molar-refractivity contribution in [1.82, 2.24) is 14.9 Å². The maximum Gasteiger partial charge on any atom is 0.253 e. The molecule has 5 heteroatoms. The fourth-order valence-corrected chi connectivity index (χ4v) is 3.89. The second-order valence-electron chi connectivity index (χ2n) is 7.58. The summed E-state index contributed by atoms with van der Waals surface area (Å²) in [6.07, 6.45) is 1.13. The molecule has 2 heterocycles. The number of nitrogens with zero attached hydrogens (tertiary/aromatic N) is 3. The summed E-state index contributed by atoms with van der Waals surface area (Å²) in [6, 6.07) is 15.3. The van der Waals surface area contributed by atoms with Crippen LogP contribution in [0.15, 0.2) is 48.5 Å². The summed E-state index contributed by atoms with van der Waals surface area (Å²) >= 11 is 0. The molecule has 1 saturated heterocycles. The lowest BCUT2D eigenvalue weighted by Crippen LogP contribution is -2.39. The minimum absolute atomic E-state index is 0.0228. The largest absolute Gasteiger partial charge is 0.388 e. The lowest BCUT2D eigenvalue weighted by Gasteiger charge is -2.34. The number of aliphatic hydroxyl groups excluding tert-OH is 1. The predicted molar refractivity (Wildman–Crippen MR) is 109 cm³/mol. The van der Waals surface area contributed by atoms with Crippen LogP contribution in [0, 0.1) is 19.8 Å². The third-order valence-corrected chi connectivity index (χ3v) is 5.74. The van der Waals surface area contributed by atoms with Gasteiger partial charge in [0.1, 0.15) is 0 Å². The van der Waals surface area contributed by atoms with Crippen LogP contribution in [0.4, 0.5) is 0 Å². The maximum absolute atomic E-state index is 13.0. The molecule has 1 N–H and O–H groups in total. The van der Waals surface area contributed by atoms with E-state index < -0.39 is 6.10 Å². The molecule has 4 rings (SSSR count). The number of piperidine rings is 1. The van der Waals surface area contributed by atoms with Gasteiger partial charge in [-0.15, -0.1) is 0 Å². The lowest BCUT2D eigenvalue weighted by atomic mass is 9.87. The highest BCUT2D eigenvalue weighted by molar-refractivity contribution is 5.97. The number of hydrogen-bond donors (Lipinski definition) is 1. The van der Waals surface area contributed by atoms with Crippen LogP contribution in [0.2, 0.25) is 0 Å². The van der Waals surface area contributed by atoms with E-state index in [9.17, 15) is 9.90 Å². The molecule has 0 saturated carbocycles. The van der Waals surface area contributed by atoms with Gasteiger partial charge in [0.25, 0.3) is 5.91 Å². The molecule has 0 bridgehead atoms. The number of amides is 1. The average Bonchev–Trinajstić information content (AvgIpc) is 2.74. The van der Waals surface area contributed by atoms with E-state index in [1.807, 2.05) is 67.3 Å². The van der Waals surface area contributed by atoms with E-state index in [2.05, 4.69) is 9.97 Å². The van der Waals surface area contributed by atoms with Gasteiger partial charge >= 0.3 is 0 Å². The Morgan fingerprint density at radius 1 is 1.00 bits per heavy atom. The van der Waals surface area contributed by atoms with Crippen LogP contribution in [0.5, 0.6) is 0 Å². The highest BCUT2D eigenvalue weighted by Gasteiger charge is 2.28. The van der Waals surface area contributed by atoms with Gasteiger partial charge in [-0.05, 0) is 56.4 Å². The van der Waals surface area contributed by atoms with E-state index in [-0.39, 0.29) is 11.8 Å². The third kappa shape index (κ3) is 3.62. The van der Waals surface area contributed by atoms with Crippen LogP contribution >= 0.6 is 0 Å². The maximum atomic E-state index is 13.0. The smallest absolute Gasteiger partial charge is 0.253 e. The Bertz CT molecular complexity index is 995. The first-order valence-corrected chi connectivity index (χ1v) is 9.80. The summed E-state index contributed by atoms with van der Waals surface area (Å²) in [5.41, 5.74) is 4.95. The number of rotatable bonds is 3. The molecule has 5 nitrogen and oxygen atoms in total. The van der Waals surface area contributed by atoms with Crippen LogP contribution in [0.3, 0.4) is 0 Å². The van der Waals surface area contributed by atoms with E-state index >= 15 is 0 Å². The van der Waals surface area contributed by atoms with Crippen LogP contribution in [-0.2, 0) is 0 Å². The first-order valence-electron chi connectivity index (χ1n) is 9.80. The molecular formula is C23H25N3O2. The molecule has 0 radical (unpaired) electrons. The van der Waals surface area contributed by atoms with Gasteiger partial charge in [0, 0.05) is 18.7 Å². The Labute approximate surface area is 165 Å². The van der Waals surface area contributed by atoms with Crippen LogP contribution in [0.25, 0.3) is 11.0 Å². The fourth-order valence-electron chi connectivity index (χ4n) is 3.89. The standard InChI is InChI=1S/C23H25N3O2/c1-15-16(2)25-21-14-19(8-9-20(21)24-15)23(28)26-12-10-18(11-13-26)22(27)17-6-4-3-5-7-17/h3-9,14,18,22,27H,10-13H2,1-2H3. The Kier molecular flexibility index (Phi) is 5.09. The molecule has 144 valence electrons. The molecule has 1 amide bonds. The summed E-state index contributed by atoms with van der Waals surface area (Å²) in [5, 5.41) is 10.6. The van der Waals surface area contributed by atoms with Gasteiger partial charge in [-0.3, -0.25) is 4.79 Å². The molecule has 2 aromatic carbocycles. The topological polar surface area (TPSA) is 66.3 Å². The fraction of sp³-hybridized carbons (Fsp3) is 0.348. The van der Waals surface area contributed by atoms with Crippen LogP contribution < -0.4 is 0 Å². The van der Waals surface area contributed by atoms with Crippen molar-refractivity contribution in [2.45, 2.75) is 32.8 Å². The van der Waals surface area contributed by atoms with Gasteiger partial charge < -0.3 is 10.0 Å². The molecule has 1 unspecified atom stereocenters. The van der Waals surface area contributed by atoms with Crippen molar-refractivity contribution in [3.05, 3.63) is 71.0 Å². The minimum Gasteiger partial charge on any atom is -0.388 e. The van der Waals surface area contributed by atoms with Crippen molar-refractivity contribution in [2.24, 2.45) is 5.92 Å². The number of carbonyl (C=O) groups is 1. The highest BCUT2D eigenvalue weighted by atomic mass is 16.3. The SMILES string of the molecule is Cc1nc2ccc(C(=O)N3CCC(C(O)c4ccccc4)CC3)cc2nc1C. The molecule has 28 heavy (non-hydrogen) atoms. The van der Waals surface area contributed by atoms with E-state index in [0.717, 1.165) is 40.8 Å². The van der Waals surface area contributed by atoms with Gasteiger partial charge in [0.05, 0.1) is 28.5 Å². The van der Waals surface area contributed by atoms with Gasteiger partial charge in [0.15, 0.2) is 0 Å². The highest BCUT2D eigenvalue weighted by Crippen LogP contribution is 2.31. The monoisotopic (exact) mass is 375 g/mol. The van der Waals surface area contributed by atoms with Crippen LogP contribution in [0.1, 0.15) is 46.3 Å². The van der Waals surface area contributed by atoms with E-state index in [0.29, 0.717) is 18.7 Å². The summed E-state index contributed by atoms with van der Waals surface area (Å²) < 4.78 is 0. The van der Waals surface area contributed by atoms with Crippen LogP contribution in [-0.4, -0.2) is 39.0 Å². The molecule has 1 aliphatic rings. The second kappa shape index (κ2) is 7.68. The zero-order valence-electron chi connectivity index (χ0n) is 16.3. The van der Waals surface area contributed by atoms with Gasteiger partial charge in [0.2, 0.25) is 0 Å². The van der Waals surface area contributed by atoms with E-state index in [4.69, 9.17) is 0 Å². The summed E-state index contributed by atoms with van der Waals surface area (Å²) in [6.45, 7) is 5.18. The summed E-state index contributed by atoms with van der Waals surface area (Å²) in [4.78, 5) is 23.9. The normalized spacial score (nSPS) is 16.3. The van der Waals surface area contributed by atoms with Crippen molar-refractivity contribution in [3.8, 4) is 0 Å². The van der Waals surface area contributed by atoms with Crippen molar-refractivity contribution >= 4 is 16.9 Å². The van der Waals surface area contributed by atoms with Crippen molar-refractivity contribution in [3.63, 3.8) is 0 Å². The molecule has 1 aromatic heterocycles. The molecule has 0 aliphatic carbocycles. The number of hydrogen-bond acceptors (Lipinski definition) is 4. The molecule has 3 aromatic rings. The number of aliphatic hydroxyl groups is 1. The first kappa shape index (κ1) is 18.6. The molecule has 1 aliphatic heterocycles. The predicted octanol–water partition coefficient (Wildman–Crippen LogP) is 3.83. The molecule has 1 fully saturated rings. The quantitative estimate of drug-likeness (QED) is 0.755. The third-order valence-electron chi connectivity index (χ3n) is 5.74. The Morgan fingerprint density at radius 3 is 2.32 bits per heavy atom. The number of aromatic nitrogens is 2. The van der Waals surface area contributed by atoms with E-state index in [1.165, 1.54) is 0 Å². The summed E-state index contributed by atoms with van der Waals surface area (Å²) in [7, 11) is 0. The Balaban J connectivity index is 1.45. The number of carbonyl (C=O) groups excluding carboxylic acids is 1. The molecule has 0 spiro atoms. The van der Waals surface area contributed by atoms with Crippen molar-refractivity contribution in [1.29, 1.82) is 0 Å². The zero-order valence-corrected chi connectivity index (χ0v) is 16.3. The second-order valence-corrected chi connectivity index (χ2v) is 7.58.